The summed E-state index contributed by atoms with van der Waals surface area (Å²) in [7, 11) is 0. The molecule has 0 spiro atoms. The smallest absolute Gasteiger partial charge is 0.310 e. The number of carbonyl (C=O) groups is 1. The molecule has 3 aromatic carbocycles. The van der Waals surface area contributed by atoms with Gasteiger partial charge in [-0.15, -0.1) is 0 Å². The van der Waals surface area contributed by atoms with Gasteiger partial charge in [-0.05, 0) is 110 Å². The molecule has 0 bridgehead atoms. The number of aliphatic hydroxyl groups excluding tert-OH is 1. The van der Waals surface area contributed by atoms with Crippen molar-refractivity contribution in [3.05, 3.63) is 101 Å². The number of carboxylic acids is 1. The maximum Gasteiger partial charge on any atom is 0.310 e. The molecule has 53 heavy (non-hydrogen) atoms. The SMILES string of the molecule is CC[C@@H](CO)NCc1cnc2c(Nc3cccc(-c4cccc(-c5nc6cc(CN7CC[C@@](C)(C(=O)O)C7)cc(C#N)c6o5)c4C)c3C)nccc2c1. The fourth-order valence-corrected chi connectivity index (χ4v) is 7.25. The first-order valence-electron chi connectivity index (χ1n) is 17.9. The summed E-state index contributed by atoms with van der Waals surface area (Å²) in [4.78, 5) is 28.2. The van der Waals surface area contributed by atoms with E-state index in [1.54, 1.807) is 13.1 Å². The summed E-state index contributed by atoms with van der Waals surface area (Å²) < 4.78 is 6.29. The topological polar surface area (TPSA) is 160 Å². The minimum Gasteiger partial charge on any atom is -0.481 e. The lowest BCUT2D eigenvalue weighted by atomic mass is 9.90. The maximum atomic E-state index is 11.8. The molecule has 11 nitrogen and oxygen atoms in total. The fourth-order valence-electron chi connectivity index (χ4n) is 7.25. The summed E-state index contributed by atoms with van der Waals surface area (Å²) >= 11 is 0. The van der Waals surface area contributed by atoms with Gasteiger partial charge in [0.15, 0.2) is 11.4 Å². The van der Waals surface area contributed by atoms with Crippen molar-refractivity contribution in [3.8, 4) is 28.7 Å². The molecule has 0 aliphatic carbocycles. The van der Waals surface area contributed by atoms with Crippen LogP contribution in [-0.4, -0.2) is 61.8 Å². The van der Waals surface area contributed by atoms with E-state index in [1.165, 1.54) is 0 Å². The van der Waals surface area contributed by atoms with Crippen LogP contribution in [0.2, 0.25) is 0 Å². The molecular formula is C42H43N7O4. The van der Waals surface area contributed by atoms with Crippen molar-refractivity contribution < 1.29 is 19.4 Å². The van der Waals surface area contributed by atoms with Crippen molar-refractivity contribution in [3.63, 3.8) is 0 Å². The minimum absolute atomic E-state index is 0.0475. The lowest BCUT2D eigenvalue weighted by Gasteiger charge is -2.20. The molecule has 1 aliphatic heterocycles. The number of nitrogens with zero attached hydrogens (tertiary/aromatic N) is 5. The number of anilines is 2. The third-order valence-corrected chi connectivity index (χ3v) is 10.6. The Bertz CT molecular complexity index is 2380. The monoisotopic (exact) mass is 709 g/mol. The van der Waals surface area contributed by atoms with E-state index in [-0.39, 0.29) is 12.6 Å². The van der Waals surface area contributed by atoms with Gasteiger partial charge < -0.3 is 25.3 Å². The van der Waals surface area contributed by atoms with Crippen LogP contribution in [0.3, 0.4) is 0 Å². The first-order chi connectivity index (χ1) is 25.6. The van der Waals surface area contributed by atoms with Crippen LogP contribution in [0.15, 0.2) is 77.5 Å². The van der Waals surface area contributed by atoms with Crippen LogP contribution in [0.25, 0.3) is 44.6 Å². The third-order valence-electron chi connectivity index (χ3n) is 10.6. The van der Waals surface area contributed by atoms with E-state index < -0.39 is 11.4 Å². The Kier molecular flexibility index (Phi) is 9.94. The van der Waals surface area contributed by atoms with E-state index in [2.05, 4.69) is 58.6 Å². The normalized spacial score (nSPS) is 16.6. The number of oxazole rings is 1. The summed E-state index contributed by atoms with van der Waals surface area (Å²) in [5, 5.41) is 37.1. The number of hydrogen-bond acceptors (Lipinski definition) is 10. The lowest BCUT2D eigenvalue weighted by Crippen LogP contribution is -2.31. The first-order valence-corrected chi connectivity index (χ1v) is 17.9. The molecular weight excluding hydrogens is 667 g/mol. The van der Waals surface area contributed by atoms with Crippen molar-refractivity contribution in [2.75, 3.05) is 25.0 Å². The van der Waals surface area contributed by atoms with E-state index in [0.717, 1.165) is 62.0 Å². The predicted octanol–water partition coefficient (Wildman–Crippen LogP) is 7.49. The van der Waals surface area contributed by atoms with Crippen molar-refractivity contribution in [2.24, 2.45) is 5.41 Å². The standard InChI is InChI=1S/C42H43N7O4/c1-5-31(23-50)45-20-28-17-29-12-14-44-39(37(29)46-21-28)47-35-11-7-9-33(26(35)3)32-8-6-10-34(25(32)2)40-48-36-18-27(16-30(19-43)38(36)53-40)22-49-15-13-42(4,24-49)41(51)52/h6-12,14,16-18,21,31,45,50H,5,13,15,20,22-24H2,1-4H3,(H,44,47)(H,51,52)/t31-,42+/m0/s1. The maximum absolute atomic E-state index is 11.8. The zero-order valence-corrected chi connectivity index (χ0v) is 30.4. The van der Waals surface area contributed by atoms with E-state index in [4.69, 9.17) is 14.4 Å². The number of hydrogen-bond donors (Lipinski definition) is 4. The van der Waals surface area contributed by atoms with Crippen molar-refractivity contribution in [1.82, 2.24) is 25.2 Å². The van der Waals surface area contributed by atoms with Crippen molar-refractivity contribution >= 4 is 39.5 Å². The molecule has 2 atom stereocenters. The van der Waals surface area contributed by atoms with Gasteiger partial charge in [0.25, 0.3) is 0 Å². The molecule has 1 aliphatic rings. The molecule has 270 valence electrons. The lowest BCUT2D eigenvalue weighted by molar-refractivity contribution is -0.147. The quantitative estimate of drug-likeness (QED) is 0.0997. The van der Waals surface area contributed by atoms with Crippen LogP contribution >= 0.6 is 0 Å². The molecule has 1 fully saturated rings. The van der Waals surface area contributed by atoms with Crippen LogP contribution < -0.4 is 10.6 Å². The molecule has 6 aromatic rings. The Balaban J connectivity index is 1.16. The molecule has 0 saturated carbocycles. The van der Waals surface area contributed by atoms with E-state index in [9.17, 15) is 20.3 Å². The van der Waals surface area contributed by atoms with Gasteiger partial charge in [-0.25, -0.2) is 9.97 Å². The van der Waals surface area contributed by atoms with E-state index in [1.807, 2.05) is 55.6 Å². The van der Waals surface area contributed by atoms with Gasteiger partial charge in [-0.3, -0.25) is 14.7 Å². The zero-order valence-electron chi connectivity index (χ0n) is 30.4. The minimum atomic E-state index is -0.784. The molecule has 7 rings (SSSR count). The molecule has 1 saturated heterocycles. The second-order valence-electron chi connectivity index (χ2n) is 14.3. The molecule has 4 N–H and O–H groups in total. The number of fused-ring (bicyclic) bond motifs is 2. The second-order valence-corrected chi connectivity index (χ2v) is 14.3. The van der Waals surface area contributed by atoms with Crippen LogP contribution in [0.1, 0.15) is 54.5 Å². The van der Waals surface area contributed by atoms with Crippen LogP contribution in [0, 0.1) is 30.6 Å². The van der Waals surface area contributed by atoms with E-state index in [0.29, 0.717) is 61.0 Å². The number of nitrogens with one attached hydrogen (secondary N) is 2. The number of pyridine rings is 2. The van der Waals surface area contributed by atoms with Crippen LogP contribution in [0.4, 0.5) is 11.5 Å². The number of nitriles is 1. The number of rotatable bonds is 12. The van der Waals surface area contributed by atoms with Crippen molar-refractivity contribution in [1.29, 1.82) is 5.26 Å². The number of aliphatic carboxylic acids is 1. The number of aliphatic hydroxyl groups is 1. The third kappa shape index (κ3) is 7.09. The number of likely N-dealkylation sites (tertiary alicyclic amines) is 1. The molecule has 11 heteroatoms. The average Bonchev–Trinajstić information content (AvgIpc) is 3.76. The number of carboxylic acid groups (broad SMARTS) is 1. The molecule has 0 amide bonds. The Morgan fingerprint density at radius 2 is 1.83 bits per heavy atom. The predicted molar refractivity (Wildman–Crippen MR) is 206 cm³/mol. The molecule has 4 heterocycles. The van der Waals surface area contributed by atoms with Gasteiger partial charge in [0.2, 0.25) is 5.89 Å². The fraction of sp³-hybridized carbons (Fsp3) is 0.310. The van der Waals surface area contributed by atoms with Gasteiger partial charge >= 0.3 is 5.97 Å². The van der Waals surface area contributed by atoms with Gasteiger partial charge in [0.1, 0.15) is 17.1 Å². The Morgan fingerprint density at radius 3 is 2.57 bits per heavy atom. The Morgan fingerprint density at radius 1 is 1.06 bits per heavy atom. The molecule has 3 aromatic heterocycles. The van der Waals surface area contributed by atoms with Crippen molar-refractivity contribution in [2.45, 2.75) is 59.7 Å². The summed E-state index contributed by atoms with van der Waals surface area (Å²) in [6, 6.07) is 22.3. The summed E-state index contributed by atoms with van der Waals surface area (Å²) in [6.07, 6.45) is 5.06. The average molecular weight is 710 g/mol. The number of aromatic nitrogens is 3. The van der Waals surface area contributed by atoms with E-state index >= 15 is 0 Å². The summed E-state index contributed by atoms with van der Waals surface area (Å²) in [5.41, 5.74) is 9.18. The van der Waals surface area contributed by atoms with Gasteiger partial charge in [0, 0.05) is 54.7 Å². The van der Waals surface area contributed by atoms with Crippen LogP contribution in [-0.2, 0) is 17.9 Å². The molecule has 0 radical (unpaired) electrons. The number of benzene rings is 3. The molecule has 0 unspecified atom stereocenters. The first kappa shape index (κ1) is 35.7. The summed E-state index contributed by atoms with van der Waals surface area (Å²) in [6.45, 7) is 10.3. The summed E-state index contributed by atoms with van der Waals surface area (Å²) in [5.74, 6) is 0.309. The van der Waals surface area contributed by atoms with Gasteiger partial charge in [-0.1, -0.05) is 31.2 Å². The van der Waals surface area contributed by atoms with Crippen LogP contribution in [0.5, 0.6) is 0 Å². The highest BCUT2D eigenvalue weighted by Gasteiger charge is 2.40. The second kappa shape index (κ2) is 14.8. The van der Waals surface area contributed by atoms with Gasteiger partial charge in [-0.2, -0.15) is 5.26 Å². The highest BCUT2D eigenvalue weighted by Crippen LogP contribution is 2.38. The zero-order chi connectivity index (χ0) is 37.3. The highest BCUT2D eigenvalue weighted by molar-refractivity contribution is 5.91. The highest BCUT2D eigenvalue weighted by atomic mass is 16.4. The van der Waals surface area contributed by atoms with Gasteiger partial charge in [0.05, 0.1) is 17.6 Å². The Hall–Kier alpha value is -5.67. The Labute approximate surface area is 308 Å². The largest absolute Gasteiger partial charge is 0.481 e.